The summed E-state index contributed by atoms with van der Waals surface area (Å²) in [5.74, 6) is 1.25. The maximum absolute atomic E-state index is 13.1. The molecule has 0 saturated heterocycles. The Hall–Kier alpha value is -3.13. The average Bonchev–Trinajstić information content (AvgIpc) is 3.44. The minimum absolute atomic E-state index is 0.278. The molecule has 1 aliphatic rings. The molecule has 0 atom stereocenters. The van der Waals surface area contributed by atoms with Gasteiger partial charge in [0.15, 0.2) is 0 Å². The van der Waals surface area contributed by atoms with Gasteiger partial charge in [-0.2, -0.15) is 5.10 Å². The van der Waals surface area contributed by atoms with E-state index in [4.69, 9.17) is 16.3 Å². The summed E-state index contributed by atoms with van der Waals surface area (Å²) in [6.45, 7) is 3.64. The zero-order valence-electron chi connectivity index (χ0n) is 19.7. The lowest BCUT2D eigenvalue weighted by Gasteiger charge is -2.14. The molecule has 0 fully saturated rings. The summed E-state index contributed by atoms with van der Waals surface area (Å²) in [4.78, 5) is 30.4. The number of hydrogen-bond donors (Lipinski definition) is 0. The van der Waals surface area contributed by atoms with E-state index in [0.717, 1.165) is 36.1 Å². The molecular formula is C25H30ClN5O3. The number of unbranched alkanes of at least 4 members (excludes halogenated alkanes) is 2. The lowest BCUT2D eigenvalue weighted by Crippen LogP contribution is -2.41. The number of hydrogen-bond acceptors (Lipinski definition) is 5. The standard InChI is InChI=1S/C25H30ClN5O3/c1-3-4-5-11-30-23-21(14-22(26)28-23)24(32)31(25(30)33)12-7-9-19-15-27-29(17-19)16-18-8-6-10-20(13-18)34-2/h6,8,10,13,15,17H,3-5,7,9,11-12,14,16H2,1-2H3. The highest BCUT2D eigenvalue weighted by Crippen LogP contribution is 2.24. The Morgan fingerprint density at radius 1 is 1.09 bits per heavy atom. The van der Waals surface area contributed by atoms with Crippen LogP contribution in [0.5, 0.6) is 5.75 Å². The Balaban J connectivity index is 1.44. The van der Waals surface area contributed by atoms with E-state index >= 15 is 0 Å². The van der Waals surface area contributed by atoms with Crippen molar-refractivity contribution in [2.24, 2.45) is 4.99 Å². The Bertz CT molecular complexity index is 1300. The first kappa shape index (κ1) is 24.0. The third-order valence-corrected chi connectivity index (χ3v) is 6.26. The molecular weight excluding hydrogens is 454 g/mol. The van der Waals surface area contributed by atoms with Crippen LogP contribution in [0.1, 0.15) is 49.3 Å². The number of rotatable bonds is 11. The maximum Gasteiger partial charge on any atom is 0.332 e. The highest BCUT2D eigenvalue weighted by molar-refractivity contribution is 6.66. The van der Waals surface area contributed by atoms with Crippen molar-refractivity contribution in [2.45, 2.75) is 65.1 Å². The van der Waals surface area contributed by atoms with E-state index in [1.165, 1.54) is 4.57 Å². The first-order chi connectivity index (χ1) is 16.5. The SMILES string of the molecule is CCCCCn1c2c(c(=O)n(CCCc3cnn(Cc4cccc(OC)c4)c3)c1=O)CC(Cl)=N2. The second kappa shape index (κ2) is 10.9. The van der Waals surface area contributed by atoms with Gasteiger partial charge >= 0.3 is 5.69 Å². The number of halogens is 1. The molecule has 3 heterocycles. The van der Waals surface area contributed by atoms with Gasteiger partial charge in [0.1, 0.15) is 16.7 Å². The summed E-state index contributed by atoms with van der Waals surface area (Å²) < 4.78 is 10.1. The van der Waals surface area contributed by atoms with Gasteiger partial charge in [0.05, 0.1) is 25.4 Å². The van der Waals surface area contributed by atoms with E-state index in [0.29, 0.717) is 55.4 Å². The summed E-state index contributed by atoms with van der Waals surface area (Å²) >= 11 is 6.12. The van der Waals surface area contributed by atoms with E-state index in [1.54, 1.807) is 11.7 Å². The lowest BCUT2D eigenvalue weighted by atomic mass is 10.2. The van der Waals surface area contributed by atoms with Crippen LogP contribution in [0.25, 0.3) is 0 Å². The van der Waals surface area contributed by atoms with E-state index < -0.39 is 0 Å². The Morgan fingerprint density at radius 2 is 1.91 bits per heavy atom. The fourth-order valence-electron chi connectivity index (χ4n) is 4.27. The van der Waals surface area contributed by atoms with Gasteiger partial charge in [0, 0.05) is 25.7 Å². The predicted molar refractivity (Wildman–Crippen MR) is 134 cm³/mol. The van der Waals surface area contributed by atoms with Crippen LogP contribution in [0.4, 0.5) is 5.82 Å². The number of ether oxygens (including phenoxy) is 1. The van der Waals surface area contributed by atoms with Crippen LogP contribution >= 0.6 is 11.6 Å². The Labute approximate surface area is 203 Å². The smallest absolute Gasteiger partial charge is 0.332 e. The van der Waals surface area contributed by atoms with Gasteiger partial charge < -0.3 is 4.74 Å². The number of nitrogens with zero attached hydrogens (tertiary/aromatic N) is 5. The molecule has 4 rings (SSSR count). The minimum Gasteiger partial charge on any atom is -0.497 e. The number of aryl methyl sites for hydroxylation is 1. The number of benzene rings is 1. The predicted octanol–water partition coefficient (Wildman–Crippen LogP) is 3.91. The van der Waals surface area contributed by atoms with E-state index in [2.05, 4.69) is 17.0 Å². The van der Waals surface area contributed by atoms with E-state index in [-0.39, 0.29) is 11.2 Å². The molecule has 2 aromatic heterocycles. The van der Waals surface area contributed by atoms with Crippen molar-refractivity contribution in [1.82, 2.24) is 18.9 Å². The molecule has 1 aliphatic heterocycles. The van der Waals surface area contributed by atoms with Gasteiger partial charge in [-0.25, -0.2) is 9.79 Å². The van der Waals surface area contributed by atoms with Crippen LogP contribution in [-0.2, 0) is 32.5 Å². The lowest BCUT2D eigenvalue weighted by molar-refractivity contribution is 0.414. The third kappa shape index (κ3) is 5.33. The van der Waals surface area contributed by atoms with Crippen LogP contribution in [-0.4, -0.2) is 31.2 Å². The van der Waals surface area contributed by atoms with Gasteiger partial charge in [-0.15, -0.1) is 0 Å². The highest BCUT2D eigenvalue weighted by Gasteiger charge is 2.24. The largest absolute Gasteiger partial charge is 0.497 e. The van der Waals surface area contributed by atoms with E-state index in [9.17, 15) is 9.59 Å². The van der Waals surface area contributed by atoms with Crippen molar-refractivity contribution in [2.75, 3.05) is 7.11 Å². The fraction of sp³-hybridized carbons (Fsp3) is 0.440. The molecule has 180 valence electrons. The Morgan fingerprint density at radius 3 is 2.71 bits per heavy atom. The second-order valence-electron chi connectivity index (χ2n) is 8.57. The molecule has 1 aromatic carbocycles. The van der Waals surface area contributed by atoms with Crippen molar-refractivity contribution in [3.8, 4) is 5.75 Å². The molecule has 34 heavy (non-hydrogen) atoms. The summed E-state index contributed by atoms with van der Waals surface area (Å²) in [6, 6.07) is 7.89. The topological polar surface area (TPSA) is 83.4 Å². The van der Waals surface area contributed by atoms with Crippen molar-refractivity contribution in [3.63, 3.8) is 0 Å². The molecule has 0 bridgehead atoms. The number of aromatic nitrogens is 4. The summed E-state index contributed by atoms with van der Waals surface area (Å²) in [7, 11) is 1.65. The minimum atomic E-state index is -0.302. The molecule has 0 spiro atoms. The van der Waals surface area contributed by atoms with Gasteiger partial charge in [0.2, 0.25) is 0 Å². The van der Waals surface area contributed by atoms with Gasteiger partial charge in [-0.05, 0) is 42.5 Å². The number of methoxy groups -OCH3 is 1. The van der Waals surface area contributed by atoms with Crippen molar-refractivity contribution in [1.29, 1.82) is 0 Å². The molecule has 0 aliphatic carbocycles. The molecule has 0 N–H and O–H groups in total. The monoisotopic (exact) mass is 483 g/mol. The quantitative estimate of drug-likeness (QED) is 0.387. The second-order valence-corrected chi connectivity index (χ2v) is 9.00. The molecule has 0 saturated carbocycles. The van der Waals surface area contributed by atoms with Crippen LogP contribution in [0, 0.1) is 0 Å². The zero-order valence-corrected chi connectivity index (χ0v) is 20.4. The third-order valence-electron chi connectivity index (χ3n) is 6.04. The molecule has 0 radical (unpaired) electrons. The van der Waals surface area contributed by atoms with Crippen molar-refractivity contribution >= 4 is 22.6 Å². The highest BCUT2D eigenvalue weighted by atomic mass is 35.5. The van der Waals surface area contributed by atoms with Crippen molar-refractivity contribution < 1.29 is 4.74 Å². The van der Waals surface area contributed by atoms with E-state index in [1.807, 2.05) is 41.3 Å². The first-order valence-corrected chi connectivity index (χ1v) is 12.1. The Kier molecular flexibility index (Phi) is 7.67. The molecule has 8 nitrogen and oxygen atoms in total. The van der Waals surface area contributed by atoms with Gasteiger partial charge in [-0.1, -0.05) is 43.5 Å². The van der Waals surface area contributed by atoms with Crippen LogP contribution in [0.3, 0.4) is 0 Å². The summed E-state index contributed by atoms with van der Waals surface area (Å²) in [6.07, 6.45) is 8.42. The van der Waals surface area contributed by atoms with Gasteiger partial charge in [-0.3, -0.25) is 18.6 Å². The number of aliphatic imine (C=N–C) groups is 1. The maximum atomic E-state index is 13.1. The normalized spacial score (nSPS) is 12.6. The van der Waals surface area contributed by atoms with Crippen LogP contribution in [0.2, 0.25) is 0 Å². The molecule has 0 amide bonds. The average molecular weight is 484 g/mol. The first-order valence-electron chi connectivity index (χ1n) is 11.7. The molecule has 3 aromatic rings. The van der Waals surface area contributed by atoms with Crippen LogP contribution < -0.4 is 16.0 Å². The summed E-state index contributed by atoms with van der Waals surface area (Å²) in [5, 5.41) is 4.81. The molecule has 9 heteroatoms. The number of fused-ring (bicyclic) bond motifs is 1. The van der Waals surface area contributed by atoms with Crippen LogP contribution in [0.15, 0.2) is 51.2 Å². The van der Waals surface area contributed by atoms with Crippen molar-refractivity contribution in [3.05, 3.63) is 74.2 Å². The fourth-order valence-corrected chi connectivity index (χ4v) is 4.48. The molecule has 0 unspecified atom stereocenters. The zero-order chi connectivity index (χ0) is 24.1. The van der Waals surface area contributed by atoms with Gasteiger partial charge in [0.25, 0.3) is 5.56 Å². The summed E-state index contributed by atoms with van der Waals surface area (Å²) in [5.41, 5.74) is 2.10.